The molecule has 1 fully saturated rings. The number of carbonyl (C=O) groups is 1. The van der Waals surface area contributed by atoms with Crippen LogP contribution in [0.5, 0.6) is 0 Å². The fraction of sp³-hybridized carbons (Fsp3) is 0.875. The van der Waals surface area contributed by atoms with Crippen LogP contribution < -0.4 is 10.6 Å². The molecule has 0 saturated carbocycles. The van der Waals surface area contributed by atoms with E-state index in [4.69, 9.17) is 0 Å². The van der Waals surface area contributed by atoms with Crippen molar-refractivity contribution in [2.24, 2.45) is 0 Å². The van der Waals surface area contributed by atoms with E-state index >= 15 is 0 Å². The molecule has 2 amide bonds. The average Bonchev–Trinajstić information content (AvgIpc) is 2.58. The highest BCUT2D eigenvalue weighted by Crippen LogP contribution is 2.13. The number of nitrogens with one attached hydrogen (secondary N) is 2. The molecular weight excluding hydrogens is 227 g/mol. The predicted octanol–water partition coefficient (Wildman–Crippen LogP) is -0.477. The first-order valence-corrected chi connectivity index (χ1v) is 4.77. The summed E-state index contributed by atoms with van der Waals surface area (Å²) in [6, 6.07) is -1.33. The number of likely N-dealkylation sites (N-methyl/N-ethyl adjacent to an activating group) is 1. The van der Waals surface area contributed by atoms with E-state index in [9.17, 15) is 23.1 Å². The molecular formula is C8H14F3N3O2. The zero-order valence-electron chi connectivity index (χ0n) is 8.71. The largest absolute Gasteiger partial charge is 0.405 e. The normalized spacial score (nSPS) is 25.6. The van der Waals surface area contributed by atoms with Crippen molar-refractivity contribution in [2.45, 2.75) is 18.3 Å². The Kier molecular flexibility index (Phi) is 3.98. The van der Waals surface area contributed by atoms with Gasteiger partial charge in [0, 0.05) is 20.1 Å². The molecule has 0 aromatic rings. The molecule has 0 aliphatic carbocycles. The third kappa shape index (κ3) is 3.53. The average molecular weight is 241 g/mol. The van der Waals surface area contributed by atoms with Crippen molar-refractivity contribution in [2.75, 3.05) is 26.7 Å². The van der Waals surface area contributed by atoms with Gasteiger partial charge in [0.15, 0.2) is 0 Å². The Balaban J connectivity index is 2.41. The van der Waals surface area contributed by atoms with E-state index in [1.165, 1.54) is 7.05 Å². The van der Waals surface area contributed by atoms with Gasteiger partial charge >= 0.3 is 12.2 Å². The zero-order valence-corrected chi connectivity index (χ0v) is 8.71. The Morgan fingerprint density at radius 2 is 2.19 bits per heavy atom. The van der Waals surface area contributed by atoms with Crippen molar-refractivity contribution in [1.29, 1.82) is 0 Å². The van der Waals surface area contributed by atoms with Gasteiger partial charge in [0.1, 0.15) is 6.54 Å². The molecule has 0 aromatic heterocycles. The van der Waals surface area contributed by atoms with E-state index in [0.29, 0.717) is 13.1 Å². The number of halogens is 3. The van der Waals surface area contributed by atoms with Crippen molar-refractivity contribution in [1.82, 2.24) is 15.5 Å². The van der Waals surface area contributed by atoms with Gasteiger partial charge in [0.05, 0.1) is 12.1 Å². The fourth-order valence-electron chi connectivity index (χ4n) is 1.50. The number of hydrogen-bond acceptors (Lipinski definition) is 3. The van der Waals surface area contributed by atoms with Crippen molar-refractivity contribution in [3.8, 4) is 0 Å². The zero-order chi connectivity index (χ0) is 12.3. The van der Waals surface area contributed by atoms with Crippen LogP contribution in [0.1, 0.15) is 0 Å². The van der Waals surface area contributed by atoms with Gasteiger partial charge in [-0.15, -0.1) is 0 Å². The number of aliphatic hydroxyl groups is 1. The number of β-amino-alcohol motifs (C(OH)–C–C–N with tert-alkyl or cyclic N) is 1. The minimum absolute atomic E-state index is 0.335. The van der Waals surface area contributed by atoms with E-state index in [2.05, 4.69) is 5.32 Å². The number of rotatable bonds is 2. The quantitative estimate of drug-likeness (QED) is 0.612. The molecule has 2 atom stereocenters. The highest BCUT2D eigenvalue weighted by molar-refractivity contribution is 5.74. The van der Waals surface area contributed by atoms with E-state index in [-0.39, 0.29) is 0 Å². The summed E-state index contributed by atoms with van der Waals surface area (Å²) in [7, 11) is 1.35. The van der Waals surface area contributed by atoms with Crippen molar-refractivity contribution >= 4 is 6.03 Å². The molecule has 0 aromatic carbocycles. The molecule has 1 aliphatic rings. The molecule has 0 radical (unpaired) electrons. The monoisotopic (exact) mass is 241 g/mol. The second-order valence-electron chi connectivity index (χ2n) is 3.68. The first kappa shape index (κ1) is 13.0. The molecule has 1 aliphatic heterocycles. The lowest BCUT2D eigenvalue weighted by Crippen LogP contribution is -2.50. The van der Waals surface area contributed by atoms with Crippen LogP contribution in [0.4, 0.5) is 18.0 Å². The molecule has 94 valence electrons. The van der Waals surface area contributed by atoms with Gasteiger partial charge in [-0.05, 0) is 0 Å². The summed E-state index contributed by atoms with van der Waals surface area (Å²) in [5.74, 6) is 0. The Morgan fingerprint density at radius 1 is 1.56 bits per heavy atom. The number of urea groups is 1. The lowest BCUT2D eigenvalue weighted by Gasteiger charge is -2.26. The second kappa shape index (κ2) is 4.88. The Hall–Kier alpha value is -1.02. The summed E-state index contributed by atoms with van der Waals surface area (Å²) in [5.41, 5.74) is 0. The number of carbonyl (C=O) groups excluding carboxylic acids is 1. The van der Waals surface area contributed by atoms with Gasteiger partial charge in [-0.25, -0.2) is 4.79 Å². The van der Waals surface area contributed by atoms with E-state index in [1.807, 2.05) is 0 Å². The van der Waals surface area contributed by atoms with Crippen LogP contribution in [0, 0.1) is 0 Å². The molecule has 0 bridgehead atoms. The minimum Gasteiger partial charge on any atom is -0.390 e. The van der Waals surface area contributed by atoms with Crippen molar-refractivity contribution in [3.05, 3.63) is 0 Å². The predicted molar refractivity (Wildman–Crippen MR) is 49.9 cm³/mol. The summed E-state index contributed by atoms with van der Waals surface area (Å²) >= 11 is 0. The molecule has 8 heteroatoms. The van der Waals surface area contributed by atoms with Gasteiger partial charge in [0.2, 0.25) is 0 Å². The fourth-order valence-corrected chi connectivity index (χ4v) is 1.50. The van der Waals surface area contributed by atoms with Crippen LogP contribution in [-0.4, -0.2) is 61.0 Å². The number of amides is 2. The van der Waals surface area contributed by atoms with Gasteiger partial charge in [-0.3, -0.25) is 0 Å². The summed E-state index contributed by atoms with van der Waals surface area (Å²) in [6.45, 7) is -0.662. The van der Waals surface area contributed by atoms with Gasteiger partial charge in [-0.2, -0.15) is 13.2 Å². The SMILES string of the molecule is CN(C(=O)NCC(F)(F)F)[C@H]1CNC[C@@H]1O. The molecule has 1 heterocycles. The van der Waals surface area contributed by atoms with Gasteiger partial charge in [0.25, 0.3) is 0 Å². The number of hydrogen-bond donors (Lipinski definition) is 3. The third-order valence-electron chi connectivity index (χ3n) is 2.41. The van der Waals surface area contributed by atoms with Crippen molar-refractivity contribution in [3.63, 3.8) is 0 Å². The molecule has 0 unspecified atom stereocenters. The Morgan fingerprint density at radius 3 is 2.62 bits per heavy atom. The maximum atomic E-state index is 11.8. The van der Waals surface area contributed by atoms with Crippen LogP contribution in [0.25, 0.3) is 0 Å². The summed E-state index contributed by atoms with van der Waals surface area (Å²) < 4.78 is 35.5. The van der Waals surface area contributed by atoms with Crippen LogP contribution in [-0.2, 0) is 0 Å². The number of aliphatic hydroxyl groups excluding tert-OH is 1. The Bertz CT molecular complexity index is 259. The maximum absolute atomic E-state index is 11.8. The standard InChI is InChI=1S/C8H14F3N3O2/c1-14(5-2-12-3-6(5)15)7(16)13-4-8(9,10)11/h5-6,12,15H,2-4H2,1H3,(H,13,16)/t5-,6-/m0/s1. The highest BCUT2D eigenvalue weighted by atomic mass is 19.4. The van der Waals surface area contributed by atoms with Gasteiger partial charge in [-0.1, -0.05) is 0 Å². The summed E-state index contributed by atoms with van der Waals surface area (Å²) in [5, 5.41) is 14.0. The second-order valence-corrected chi connectivity index (χ2v) is 3.68. The smallest absolute Gasteiger partial charge is 0.390 e. The summed E-state index contributed by atoms with van der Waals surface area (Å²) in [4.78, 5) is 12.4. The lowest BCUT2D eigenvalue weighted by molar-refractivity contribution is -0.123. The van der Waals surface area contributed by atoms with Crippen LogP contribution in [0.3, 0.4) is 0 Å². The first-order valence-electron chi connectivity index (χ1n) is 4.77. The molecule has 0 spiro atoms. The molecule has 3 N–H and O–H groups in total. The minimum atomic E-state index is -4.43. The maximum Gasteiger partial charge on any atom is 0.405 e. The molecule has 16 heavy (non-hydrogen) atoms. The number of alkyl halides is 3. The van der Waals surface area contributed by atoms with E-state index in [0.717, 1.165) is 4.90 Å². The Labute approximate surface area is 90.6 Å². The first-order chi connectivity index (χ1) is 7.31. The topological polar surface area (TPSA) is 64.6 Å². The highest BCUT2D eigenvalue weighted by Gasteiger charge is 2.33. The van der Waals surface area contributed by atoms with E-state index < -0.39 is 30.9 Å². The third-order valence-corrected chi connectivity index (χ3v) is 2.41. The summed E-state index contributed by atoms with van der Waals surface area (Å²) in [6.07, 6.45) is -5.18. The van der Waals surface area contributed by atoms with Crippen molar-refractivity contribution < 1.29 is 23.1 Å². The van der Waals surface area contributed by atoms with Crippen LogP contribution in [0.2, 0.25) is 0 Å². The lowest BCUT2D eigenvalue weighted by atomic mass is 10.2. The van der Waals surface area contributed by atoms with E-state index in [1.54, 1.807) is 5.32 Å². The molecule has 1 rings (SSSR count). The van der Waals surface area contributed by atoms with Crippen LogP contribution in [0.15, 0.2) is 0 Å². The van der Waals surface area contributed by atoms with Crippen LogP contribution >= 0.6 is 0 Å². The van der Waals surface area contributed by atoms with Gasteiger partial charge < -0.3 is 20.6 Å². The molecule has 5 nitrogen and oxygen atoms in total. The molecule has 1 saturated heterocycles. The number of nitrogens with zero attached hydrogens (tertiary/aromatic N) is 1.